The van der Waals surface area contributed by atoms with E-state index in [1.165, 1.54) is 24.3 Å². The molecular weight excluding hydrogens is 302 g/mol. The third-order valence-corrected chi connectivity index (χ3v) is 2.77. The zero-order chi connectivity index (χ0) is 16.7. The van der Waals surface area contributed by atoms with Crippen LogP contribution >= 0.6 is 0 Å². The minimum atomic E-state index is -0.620. The molecule has 0 saturated carbocycles. The maximum Gasteiger partial charge on any atom is 0.349 e. The summed E-state index contributed by atoms with van der Waals surface area (Å²) in [5.41, 5.74) is -0.0771. The summed E-state index contributed by atoms with van der Waals surface area (Å²) >= 11 is 0. The van der Waals surface area contributed by atoms with Gasteiger partial charge in [-0.1, -0.05) is 12.1 Å². The van der Waals surface area contributed by atoms with Crippen LogP contribution in [-0.4, -0.2) is 24.1 Å². The van der Waals surface area contributed by atoms with Crippen LogP contribution in [0.2, 0.25) is 0 Å². The number of para-hydroxylation sites is 2. The van der Waals surface area contributed by atoms with Crippen LogP contribution in [0.15, 0.2) is 48.5 Å². The molecule has 7 heteroatoms. The van der Waals surface area contributed by atoms with Crippen molar-refractivity contribution in [1.82, 2.24) is 0 Å². The second kappa shape index (κ2) is 7.79. The number of carbonyl (C=O) groups excluding carboxylic acids is 1. The fourth-order valence-corrected chi connectivity index (χ4v) is 1.78. The predicted octanol–water partition coefficient (Wildman–Crippen LogP) is 2.98. The molecule has 0 atom stereocenters. The van der Waals surface area contributed by atoms with Crippen molar-refractivity contribution in [3.8, 4) is 17.2 Å². The third-order valence-electron chi connectivity index (χ3n) is 2.77. The van der Waals surface area contributed by atoms with Crippen LogP contribution in [0.1, 0.15) is 6.92 Å². The first kappa shape index (κ1) is 16.3. The average molecular weight is 317 g/mol. The Kier molecular flexibility index (Phi) is 5.51. The monoisotopic (exact) mass is 317 g/mol. The summed E-state index contributed by atoms with van der Waals surface area (Å²) in [6.45, 7) is 2.02. The van der Waals surface area contributed by atoms with Gasteiger partial charge in [0, 0.05) is 12.1 Å². The summed E-state index contributed by atoms with van der Waals surface area (Å²) in [5, 5.41) is 10.5. The standard InChI is InChI=1S/C16H15NO6/c1-2-21-14-5-3-4-6-15(14)22-11-16(18)23-13-9-7-12(8-10-13)17(19)20/h3-10H,2,11H2,1H3. The van der Waals surface area contributed by atoms with E-state index in [1.807, 2.05) is 6.92 Å². The van der Waals surface area contributed by atoms with Crippen molar-refractivity contribution in [2.24, 2.45) is 0 Å². The number of non-ortho nitro benzene ring substituents is 1. The summed E-state index contributed by atoms with van der Waals surface area (Å²) < 4.78 is 15.8. The molecule has 0 aliphatic heterocycles. The summed E-state index contributed by atoms with van der Waals surface area (Å²) in [4.78, 5) is 21.8. The molecule has 0 fully saturated rings. The number of hydrogen-bond donors (Lipinski definition) is 0. The predicted molar refractivity (Wildman–Crippen MR) is 81.8 cm³/mol. The van der Waals surface area contributed by atoms with E-state index in [4.69, 9.17) is 14.2 Å². The van der Waals surface area contributed by atoms with E-state index < -0.39 is 10.9 Å². The molecule has 120 valence electrons. The summed E-state index contributed by atoms with van der Waals surface area (Å²) in [7, 11) is 0. The van der Waals surface area contributed by atoms with E-state index in [1.54, 1.807) is 24.3 Å². The minimum absolute atomic E-state index is 0.0771. The number of benzene rings is 2. The Morgan fingerprint density at radius 1 is 1.04 bits per heavy atom. The first-order chi connectivity index (χ1) is 11.1. The van der Waals surface area contributed by atoms with Gasteiger partial charge in [0.25, 0.3) is 5.69 Å². The Bertz CT molecular complexity index is 683. The van der Waals surface area contributed by atoms with E-state index in [0.717, 1.165) is 0 Å². The average Bonchev–Trinajstić information content (AvgIpc) is 2.55. The van der Waals surface area contributed by atoms with Gasteiger partial charge in [0.2, 0.25) is 0 Å². The van der Waals surface area contributed by atoms with Crippen molar-refractivity contribution in [2.75, 3.05) is 13.2 Å². The van der Waals surface area contributed by atoms with Gasteiger partial charge in [0.15, 0.2) is 18.1 Å². The molecule has 7 nitrogen and oxygen atoms in total. The van der Waals surface area contributed by atoms with Crippen LogP contribution in [0.3, 0.4) is 0 Å². The van der Waals surface area contributed by atoms with E-state index in [9.17, 15) is 14.9 Å². The molecule has 0 aliphatic rings. The molecule has 0 aliphatic carbocycles. The van der Waals surface area contributed by atoms with Crippen LogP contribution < -0.4 is 14.2 Å². The highest BCUT2D eigenvalue weighted by molar-refractivity contribution is 5.74. The van der Waals surface area contributed by atoms with Crippen molar-refractivity contribution < 1.29 is 23.9 Å². The molecule has 2 aromatic rings. The van der Waals surface area contributed by atoms with Crippen LogP contribution in [0.5, 0.6) is 17.2 Å². The zero-order valence-corrected chi connectivity index (χ0v) is 12.4. The van der Waals surface area contributed by atoms with Gasteiger partial charge < -0.3 is 14.2 Å². The quantitative estimate of drug-likeness (QED) is 0.337. The van der Waals surface area contributed by atoms with Crippen LogP contribution in [-0.2, 0) is 4.79 Å². The SMILES string of the molecule is CCOc1ccccc1OCC(=O)Oc1ccc([N+](=O)[O-])cc1. The maximum atomic E-state index is 11.8. The summed E-state index contributed by atoms with van der Waals surface area (Å²) in [6, 6.07) is 12.2. The number of nitro groups is 1. The topological polar surface area (TPSA) is 87.9 Å². The lowest BCUT2D eigenvalue weighted by molar-refractivity contribution is -0.384. The van der Waals surface area contributed by atoms with Crippen LogP contribution in [0.25, 0.3) is 0 Å². The molecule has 0 aromatic heterocycles. The molecule has 0 N–H and O–H groups in total. The smallest absolute Gasteiger partial charge is 0.349 e. The van der Waals surface area contributed by atoms with Gasteiger partial charge in [-0.15, -0.1) is 0 Å². The molecule has 0 bridgehead atoms. The van der Waals surface area contributed by atoms with E-state index >= 15 is 0 Å². The zero-order valence-electron chi connectivity index (χ0n) is 12.4. The molecule has 0 radical (unpaired) electrons. The van der Waals surface area contributed by atoms with Gasteiger partial charge in [-0.05, 0) is 31.2 Å². The minimum Gasteiger partial charge on any atom is -0.490 e. The van der Waals surface area contributed by atoms with Crippen LogP contribution in [0.4, 0.5) is 5.69 Å². The largest absolute Gasteiger partial charge is 0.490 e. The third kappa shape index (κ3) is 4.70. The lowest BCUT2D eigenvalue weighted by atomic mass is 10.3. The highest BCUT2D eigenvalue weighted by Gasteiger charge is 2.11. The summed E-state index contributed by atoms with van der Waals surface area (Å²) in [5.74, 6) is 0.570. The van der Waals surface area contributed by atoms with Gasteiger partial charge in [0.1, 0.15) is 5.75 Å². The molecule has 0 unspecified atom stereocenters. The number of hydrogen-bond acceptors (Lipinski definition) is 6. The normalized spacial score (nSPS) is 9.96. The lowest BCUT2D eigenvalue weighted by Crippen LogP contribution is -2.18. The van der Waals surface area contributed by atoms with Crippen molar-refractivity contribution in [2.45, 2.75) is 6.92 Å². The second-order valence-electron chi connectivity index (χ2n) is 4.39. The Hall–Kier alpha value is -3.09. The van der Waals surface area contributed by atoms with Gasteiger partial charge in [0.05, 0.1) is 11.5 Å². The van der Waals surface area contributed by atoms with Gasteiger partial charge in [-0.3, -0.25) is 10.1 Å². The molecule has 0 spiro atoms. The van der Waals surface area contributed by atoms with Crippen molar-refractivity contribution in [3.63, 3.8) is 0 Å². The molecule has 0 amide bonds. The Labute approximate surface area is 132 Å². The fraction of sp³-hybridized carbons (Fsp3) is 0.188. The van der Waals surface area contributed by atoms with Gasteiger partial charge >= 0.3 is 5.97 Å². The molecule has 23 heavy (non-hydrogen) atoms. The van der Waals surface area contributed by atoms with Crippen molar-refractivity contribution in [1.29, 1.82) is 0 Å². The molecule has 0 heterocycles. The summed E-state index contributed by atoms with van der Waals surface area (Å²) in [6.07, 6.45) is 0. The van der Waals surface area contributed by atoms with E-state index in [2.05, 4.69) is 0 Å². The Morgan fingerprint density at radius 2 is 1.65 bits per heavy atom. The highest BCUT2D eigenvalue weighted by Crippen LogP contribution is 2.26. The molecule has 2 aromatic carbocycles. The number of carbonyl (C=O) groups is 1. The Balaban J connectivity index is 1.91. The first-order valence-electron chi connectivity index (χ1n) is 6.90. The molecule has 2 rings (SSSR count). The first-order valence-corrected chi connectivity index (χ1v) is 6.90. The van der Waals surface area contributed by atoms with E-state index in [-0.39, 0.29) is 18.0 Å². The maximum absolute atomic E-state index is 11.8. The number of nitrogens with zero attached hydrogens (tertiary/aromatic N) is 1. The second-order valence-corrected chi connectivity index (χ2v) is 4.39. The number of nitro benzene ring substituents is 1. The fourth-order valence-electron chi connectivity index (χ4n) is 1.78. The van der Waals surface area contributed by atoms with Crippen molar-refractivity contribution >= 4 is 11.7 Å². The lowest BCUT2D eigenvalue weighted by Gasteiger charge is -2.11. The van der Waals surface area contributed by atoms with E-state index in [0.29, 0.717) is 18.1 Å². The van der Waals surface area contributed by atoms with Crippen LogP contribution in [0, 0.1) is 10.1 Å². The highest BCUT2D eigenvalue weighted by atomic mass is 16.6. The number of esters is 1. The number of rotatable bonds is 7. The number of ether oxygens (including phenoxy) is 3. The van der Waals surface area contributed by atoms with Gasteiger partial charge in [-0.2, -0.15) is 0 Å². The molecule has 0 saturated heterocycles. The van der Waals surface area contributed by atoms with Gasteiger partial charge in [-0.25, -0.2) is 4.79 Å². The van der Waals surface area contributed by atoms with Crippen molar-refractivity contribution in [3.05, 3.63) is 58.6 Å². The molecular formula is C16H15NO6. The Morgan fingerprint density at radius 3 is 2.22 bits per heavy atom.